The maximum Gasteiger partial charge on any atom is 0.340 e. The molecule has 0 aliphatic carbocycles. The fraction of sp³-hybridized carbons (Fsp3) is 0.818. The normalized spacial score (nSPS) is 18.3. The zero-order chi connectivity index (χ0) is 12.8. The van der Waals surface area contributed by atoms with Crippen LogP contribution in [-0.2, 0) is 11.3 Å². The van der Waals surface area contributed by atoms with Crippen molar-refractivity contribution in [3.63, 3.8) is 0 Å². The standard InChI is InChI=1S/C11H20N4O3/c16-6-1-7-18-9-2-4-15(5-3-9)8-10-12-11(17)14-13-10/h9,16H,1-8H2,(H2,12,13,14,17). The summed E-state index contributed by atoms with van der Waals surface area (Å²) in [6.07, 6.45) is 2.97. The second-order valence-electron chi connectivity index (χ2n) is 4.55. The number of hydrogen-bond acceptors (Lipinski definition) is 5. The quantitative estimate of drug-likeness (QED) is 0.594. The zero-order valence-corrected chi connectivity index (χ0v) is 10.4. The molecule has 2 rings (SSSR count). The van der Waals surface area contributed by atoms with Crippen LogP contribution in [0.1, 0.15) is 25.1 Å². The van der Waals surface area contributed by atoms with Gasteiger partial charge in [-0.05, 0) is 19.3 Å². The van der Waals surface area contributed by atoms with Crippen molar-refractivity contribution in [1.82, 2.24) is 20.1 Å². The molecule has 1 saturated heterocycles. The third-order valence-electron chi connectivity index (χ3n) is 3.11. The van der Waals surface area contributed by atoms with Gasteiger partial charge in [0.05, 0.1) is 12.6 Å². The van der Waals surface area contributed by atoms with Crippen molar-refractivity contribution in [1.29, 1.82) is 0 Å². The first-order valence-corrected chi connectivity index (χ1v) is 6.36. The number of nitrogens with one attached hydrogen (secondary N) is 2. The molecule has 1 aromatic rings. The monoisotopic (exact) mass is 256 g/mol. The fourth-order valence-corrected chi connectivity index (χ4v) is 2.14. The van der Waals surface area contributed by atoms with E-state index in [2.05, 4.69) is 20.1 Å². The smallest absolute Gasteiger partial charge is 0.340 e. The van der Waals surface area contributed by atoms with Gasteiger partial charge in [-0.2, -0.15) is 5.10 Å². The lowest BCUT2D eigenvalue weighted by molar-refractivity contribution is 0.000361. The highest BCUT2D eigenvalue weighted by Gasteiger charge is 2.20. The zero-order valence-electron chi connectivity index (χ0n) is 10.4. The first-order valence-electron chi connectivity index (χ1n) is 6.36. The van der Waals surface area contributed by atoms with Crippen LogP contribution in [0.25, 0.3) is 0 Å². The van der Waals surface area contributed by atoms with Gasteiger partial charge in [0.2, 0.25) is 0 Å². The molecule has 0 bridgehead atoms. The molecule has 0 amide bonds. The molecule has 7 heteroatoms. The number of aliphatic hydroxyl groups is 1. The molecule has 1 fully saturated rings. The van der Waals surface area contributed by atoms with E-state index >= 15 is 0 Å². The highest BCUT2D eigenvalue weighted by Crippen LogP contribution is 2.14. The summed E-state index contributed by atoms with van der Waals surface area (Å²) in [5.41, 5.74) is -0.257. The highest BCUT2D eigenvalue weighted by atomic mass is 16.5. The number of aromatic nitrogens is 3. The highest BCUT2D eigenvalue weighted by molar-refractivity contribution is 4.83. The number of nitrogens with zero attached hydrogens (tertiary/aromatic N) is 2. The van der Waals surface area contributed by atoms with Crippen LogP contribution in [0.15, 0.2) is 4.79 Å². The Balaban J connectivity index is 1.68. The van der Waals surface area contributed by atoms with Gasteiger partial charge < -0.3 is 9.84 Å². The predicted octanol–water partition coefficient (Wildman–Crippen LogP) is -0.539. The Morgan fingerprint density at radius 3 is 2.83 bits per heavy atom. The number of H-pyrrole nitrogens is 2. The molecule has 0 aromatic carbocycles. The molecule has 1 aliphatic heterocycles. The molecule has 3 N–H and O–H groups in total. The summed E-state index contributed by atoms with van der Waals surface area (Å²) < 4.78 is 5.66. The molecule has 1 aromatic heterocycles. The van der Waals surface area contributed by atoms with Crippen LogP contribution in [0, 0.1) is 0 Å². The Labute approximate surface area is 105 Å². The number of ether oxygens (including phenoxy) is 1. The van der Waals surface area contributed by atoms with Crippen LogP contribution in [0.2, 0.25) is 0 Å². The second-order valence-corrected chi connectivity index (χ2v) is 4.55. The van der Waals surface area contributed by atoms with E-state index in [0.29, 0.717) is 31.5 Å². The van der Waals surface area contributed by atoms with Gasteiger partial charge in [0.25, 0.3) is 0 Å². The Morgan fingerprint density at radius 2 is 2.22 bits per heavy atom. The van der Waals surface area contributed by atoms with Crippen molar-refractivity contribution in [2.45, 2.75) is 31.9 Å². The Bertz CT molecular complexity index is 395. The van der Waals surface area contributed by atoms with E-state index in [-0.39, 0.29) is 12.3 Å². The van der Waals surface area contributed by atoms with Gasteiger partial charge in [-0.3, -0.25) is 9.88 Å². The average molecular weight is 256 g/mol. The second kappa shape index (κ2) is 6.67. The fourth-order valence-electron chi connectivity index (χ4n) is 2.14. The van der Waals surface area contributed by atoms with E-state index in [1.807, 2.05) is 0 Å². The van der Waals surface area contributed by atoms with Crippen LogP contribution in [0.5, 0.6) is 0 Å². The molecule has 2 heterocycles. The third-order valence-corrected chi connectivity index (χ3v) is 3.11. The SMILES string of the molecule is O=c1[nH]nc(CN2CCC(OCCCO)CC2)[nH]1. The molecule has 7 nitrogen and oxygen atoms in total. The van der Waals surface area contributed by atoms with Crippen LogP contribution in [0.3, 0.4) is 0 Å². The molecule has 1 aliphatic rings. The van der Waals surface area contributed by atoms with E-state index in [0.717, 1.165) is 25.9 Å². The lowest BCUT2D eigenvalue weighted by Gasteiger charge is -2.31. The number of piperidine rings is 1. The summed E-state index contributed by atoms with van der Waals surface area (Å²) in [6.45, 7) is 3.37. The van der Waals surface area contributed by atoms with Crippen molar-refractivity contribution in [2.24, 2.45) is 0 Å². The minimum Gasteiger partial charge on any atom is -0.396 e. The van der Waals surface area contributed by atoms with Crippen molar-refractivity contribution in [3.05, 3.63) is 16.3 Å². The topological polar surface area (TPSA) is 94.2 Å². The van der Waals surface area contributed by atoms with Crippen molar-refractivity contribution < 1.29 is 9.84 Å². The van der Waals surface area contributed by atoms with Gasteiger partial charge >= 0.3 is 5.69 Å². The maximum atomic E-state index is 10.9. The number of hydrogen-bond donors (Lipinski definition) is 3. The molecule has 102 valence electrons. The average Bonchev–Trinajstić information content (AvgIpc) is 2.77. The van der Waals surface area contributed by atoms with Crippen molar-refractivity contribution in [2.75, 3.05) is 26.3 Å². The summed E-state index contributed by atoms with van der Waals surface area (Å²) >= 11 is 0. The van der Waals surface area contributed by atoms with Crippen molar-refractivity contribution >= 4 is 0 Å². The van der Waals surface area contributed by atoms with Crippen LogP contribution in [0.4, 0.5) is 0 Å². The van der Waals surface area contributed by atoms with Crippen LogP contribution < -0.4 is 5.69 Å². The van der Waals surface area contributed by atoms with Gasteiger partial charge in [-0.25, -0.2) is 9.89 Å². The van der Waals surface area contributed by atoms with Crippen molar-refractivity contribution in [3.8, 4) is 0 Å². The lowest BCUT2D eigenvalue weighted by atomic mass is 10.1. The number of likely N-dealkylation sites (tertiary alicyclic amines) is 1. The van der Waals surface area contributed by atoms with Crippen LogP contribution in [-0.4, -0.2) is 57.6 Å². The van der Waals surface area contributed by atoms with E-state index in [4.69, 9.17) is 9.84 Å². The Kier molecular flexibility index (Phi) is 4.91. The Hall–Kier alpha value is -1.18. The van der Waals surface area contributed by atoms with Gasteiger partial charge in [0.15, 0.2) is 0 Å². The minimum atomic E-state index is -0.257. The van der Waals surface area contributed by atoms with E-state index in [9.17, 15) is 4.79 Å². The summed E-state index contributed by atoms with van der Waals surface area (Å²) in [7, 11) is 0. The summed E-state index contributed by atoms with van der Waals surface area (Å²) in [5.74, 6) is 0.680. The molecule has 0 saturated carbocycles. The largest absolute Gasteiger partial charge is 0.396 e. The predicted molar refractivity (Wildman–Crippen MR) is 65.2 cm³/mol. The molecule has 18 heavy (non-hydrogen) atoms. The molecule has 0 radical (unpaired) electrons. The van der Waals surface area contributed by atoms with Gasteiger partial charge in [0.1, 0.15) is 5.82 Å². The van der Waals surface area contributed by atoms with E-state index < -0.39 is 0 Å². The van der Waals surface area contributed by atoms with E-state index in [1.165, 1.54) is 0 Å². The molecular formula is C11H20N4O3. The summed E-state index contributed by atoms with van der Waals surface area (Å²) in [6, 6.07) is 0. The Morgan fingerprint density at radius 1 is 1.44 bits per heavy atom. The number of aliphatic hydroxyl groups excluding tert-OH is 1. The van der Waals surface area contributed by atoms with Gasteiger partial charge in [-0.1, -0.05) is 0 Å². The third kappa shape index (κ3) is 3.94. The van der Waals surface area contributed by atoms with Gasteiger partial charge in [-0.15, -0.1) is 0 Å². The van der Waals surface area contributed by atoms with E-state index in [1.54, 1.807) is 0 Å². The maximum absolute atomic E-state index is 10.9. The number of aromatic amines is 2. The lowest BCUT2D eigenvalue weighted by Crippen LogP contribution is -2.37. The van der Waals surface area contributed by atoms with Crippen LogP contribution >= 0.6 is 0 Å². The molecule has 0 spiro atoms. The molecule has 0 unspecified atom stereocenters. The van der Waals surface area contributed by atoms with Gasteiger partial charge in [0, 0.05) is 26.3 Å². The summed E-state index contributed by atoms with van der Waals surface area (Å²) in [5, 5.41) is 14.9. The number of rotatable bonds is 6. The minimum absolute atomic E-state index is 0.186. The molecular weight excluding hydrogens is 236 g/mol. The first-order chi connectivity index (χ1) is 8.78. The first kappa shape index (κ1) is 13.3. The molecule has 0 atom stereocenters. The summed E-state index contributed by atoms with van der Waals surface area (Å²) in [4.78, 5) is 15.8.